The molecule has 0 radical (unpaired) electrons. The number of thiocarbonyl (C=S) groups is 1. The number of unbranched alkanes of at least 4 members (excludes halogenated alkanes) is 2. The highest BCUT2D eigenvalue weighted by Gasteiger charge is 2.11. The quantitative estimate of drug-likeness (QED) is 0.570. The Morgan fingerprint density at radius 2 is 2.14 bits per heavy atom. The Morgan fingerprint density at radius 3 is 2.86 bits per heavy atom. The van der Waals surface area contributed by atoms with E-state index in [0.29, 0.717) is 27.1 Å². The molecule has 8 heteroatoms. The molecule has 118 valence electrons. The fraction of sp³-hybridized carbons (Fsp3) is 0.357. The van der Waals surface area contributed by atoms with Crippen molar-refractivity contribution in [3.05, 3.63) is 22.2 Å². The number of rotatable bonds is 5. The van der Waals surface area contributed by atoms with Crippen LogP contribution in [0.1, 0.15) is 32.6 Å². The van der Waals surface area contributed by atoms with E-state index in [9.17, 15) is 4.79 Å². The molecule has 0 unspecified atom stereocenters. The number of carbonyl (C=O) groups is 1. The first-order chi connectivity index (χ1) is 10.5. The van der Waals surface area contributed by atoms with Crippen molar-refractivity contribution in [1.82, 2.24) is 10.3 Å². The lowest BCUT2D eigenvalue weighted by atomic mass is 10.2. The first-order valence-electron chi connectivity index (χ1n) is 6.86. The molecule has 2 N–H and O–H groups in total. The molecule has 0 spiro atoms. The summed E-state index contributed by atoms with van der Waals surface area (Å²) in [6, 6.07) is 3.57. The molecule has 0 fully saturated rings. The lowest BCUT2D eigenvalue weighted by Crippen LogP contribution is -2.33. The van der Waals surface area contributed by atoms with Crippen molar-refractivity contribution in [3.8, 4) is 0 Å². The van der Waals surface area contributed by atoms with Gasteiger partial charge in [0.15, 0.2) is 10.2 Å². The average Bonchev–Trinajstić information content (AvgIpc) is 2.86. The minimum atomic E-state index is -0.0897. The summed E-state index contributed by atoms with van der Waals surface area (Å²) in [4.78, 5) is 16.0. The Kier molecular flexibility index (Phi) is 6.37. The van der Waals surface area contributed by atoms with Gasteiger partial charge < -0.3 is 10.6 Å². The number of nitrogens with zero attached hydrogens (tertiary/aromatic N) is 1. The zero-order chi connectivity index (χ0) is 16.1. The Labute approximate surface area is 148 Å². The summed E-state index contributed by atoms with van der Waals surface area (Å²) in [6.07, 6.45) is 3.44. The van der Waals surface area contributed by atoms with E-state index < -0.39 is 0 Å². The third-order valence-corrected chi connectivity index (χ3v) is 4.87. The van der Waals surface area contributed by atoms with Crippen molar-refractivity contribution in [3.63, 3.8) is 0 Å². The molecule has 0 aliphatic heterocycles. The minimum Gasteiger partial charge on any atom is -0.308 e. The van der Waals surface area contributed by atoms with Crippen LogP contribution >= 0.6 is 46.8 Å². The first-order valence-corrected chi connectivity index (χ1v) is 8.84. The van der Waals surface area contributed by atoms with Crippen LogP contribution in [0.2, 0.25) is 10.0 Å². The van der Waals surface area contributed by atoms with E-state index in [2.05, 4.69) is 22.5 Å². The molecule has 0 saturated carbocycles. The van der Waals surface area contributed by atoms with Gasteiger partial charge in [-0.2, -0.15) is 0 Å². The van der Waals surface area contributed by atoms with Crippen LogP contribution in [0, 0.1) is 0 Å². The maximum Gasteiger partial charge on any atom is 0.226 e. The van der Waals surface area contributed by atoms with Gasteiger partial charge in [-0.3, -0.25) is 4.79 Å². The van der Waals surface area contributed by atoms with Crippen LogP contribution in [0.15, 0.2) is 12.1 Å². The molecular weight excluding hydrogens is 361 g/mol. The average molecular weight is 376 g/mol. The van der Waals surface area contributed by atoms with Crippen molar-refractivity contribution >= 4 is 73.1 Å². The van der Waals surface area contributed by atoms with Gasteiger partial charge in [0.1, 0.15) is 5.52 Å². The van der Waals surface area contributed by atoms with Crippen LogP contribution in [0.5, 0.6) is 0 Å². The second-order valence-corrected chi connectivity index (χ2v) is 6.91. The smallest absolute Gasteiger partial charge is 0.226 e. The van der Waals surface area contributed by atoms with E-state index >= 15 is 0 Å². The van der Waals surface area contributed by atoms with Crippen LogP contribution in [0.3, 0.4) is 0 Å². The normalized spacial score (nSPS) is 10.7. The number of carbonyl (C=O) groups excluding carboxylic acids is 1. The number of aromatic nitrogens is 1. The molecule has 22 heavy (non-hydrogen) atoms. The molecule has 0 aliphatic rings. The summed E-state index contributed by atoms with van der Waals surface area (Å²) in [7, 11) is 0. The standard InChI is InChI=1S/C14H15Cl2N3OS2/c1-2-3-4-5-10(20)17-13(21)19-14-18-12-9(22-14)7-6-8(15)11(12)16/h6-7H,2-5H2,1H3,(H2,17,18,19,20,21). The summed E-state index contributed by atoms with van der Waals surface area (Å²) in [5.74, 6) is -0.0897. The van der Waals surface area contributed by atoms with Crippen LogP contribution in [0.25, 0.3) is 10.2 Å². The lowest BCUT2D eigenvalue weighted by molar-refractivity contribution is -0.119. The summed E-state index contributed by atoms with van der Waals surface area (Å²) in [5.41, 5.74) is 0.624. The van der Waals surface area contributed by atoms with Crippen LogP contribution < -0.4 is 10.6 Å². The fourth-order valence-electron chi connectivity index (χ4n) is 1.84. The van der Waals surface area contributed by atoms with Crippen molar-refractivity contribution in [2.75, 3.05) is 5.32 Å². The Hall–Kier alpha value is -0.950. The van der Waals surface area contributed by atoms with Gasteiger partial charge >= 0.3 is 0 Å². The van der Waals surface area contributed by atoms with Gasteiger partial charge in [0.2, 0.25) is 5.91 Å². The maximum absolute atomic E-state index is 11.7. The largest absolute Gasteiger partial charge is 0.308 e. The van der Waals surface area contributed by atoms with Gasteiger partial charge in [0.25, 0.3) is 0 Å². The van der Waals surface area contributed by atoms with Gasteiger partial charge in [-0.1, -0.05) is 54.3 Å². The second kappa shape index (κ2) is 8.06. The Balaban J connectivity index is 1.97. The highest BCUT2D eigenvalue weighted by Crippen LogP contribution is 2.35. The van der Waals surface area contributed by atoms with E-state index in [4.69, 9.17) is 35.4 Å². The van der Waals surface area contributed by atoms with E-state index in [1.807, 2.05) is 6.07 Å². The molecule has 1 amide bonds. The molecule has 0 saturated heterocycles. The van der Waals surface area contributed by atoms with Gasteiger partial charge in [-0.05, 0) is 30.8 Å². The topological polar surface area (TPSA) is 54.0 Å². The third-order valence-electron chi connectivity index (χ3n) is 2.93. The fourth-order valence-corrected chi connectivity index (χ4v) is 3.41. The molecule has 1 heterocycles. The summed E-state index contributed by atoms with van der Waals surface area (Å²) < 4.78 is 0.897. The number of halogens is 2. The van der Waals surface area contributed by atoms with Gasteiger partial charge in [-0.25, -0.2) is 4.98 Å². The SMILES string of the molecule is CCCCCC(=O)NC(=S)Nc1nc2c(Cl)c(Cl)ccc2s1. The van der Waals surface area contributed by atoms with Crippen molar-refractivity contribution in [2.45, 2.75) is 32.6 Å². The number of amides is 1. The highest BCUT2D eigenvalue weighted by atomic mass is 35.5. The van der Waals surface area contributed by atoms with Crippen molar-refractivity contribution < 1.29 is 4.79 Å². The van der Waals surface area contributed by atoms with Crippen molar-refractivity contribution in [2.24, 2.45) is 0 Å². The predicted octanol–water partition coefficient (Wildman–Crippen LogP) is 5.00. The zero-order valence-corrected chi connectivity index (χ0v) is 15.1. The molecule has 2 rings (SSSR count). The number of fused-ring (bicyclic) bond motifs is 1. The van der Waals surface area contributed by atoms with Crippen LogP contribution in [-0.4, -0.2) is 16.0 Å². The molecule has 2 aromatic rings. The van der Waals surface area contributed by atoms with E-state index in [1.165, 1.54) is 11.3 Å². The maximum atomic E-state index is 11.7. The number of thiazole rings is 1. The highest BCUT2D eigenvalue weighted by molar-refractivity contribution is 7.80. The summed E-state index contributed by atoms with van der Waals surface area (Å²) in [5, 5.41) is 7.23. The molecule has 0 atom stereocenters. The number of nitrogens with one attached hydrogen (secondary N) is 2. The van der Waals surface area contributed by atoms with E-state index in [-0.39, 0.29) is 11.0 Å². The molecular formula is C14H15Cl2N3OS2. The van der Waals surface area contributed by atoms with Crippen molar-refractivity contribution in [1.29, 1.82) is 0 Å². The van der Waals surface area contributed by atoms with Gasteiger partial charge in [0, 0.05) is 6.42 Å². The third kappa shape index (κ3) is 4.52. The Bertz CT molecular complexity index is 703. The molecule has 0 aliphatic carbocycles. The summed E-state index contributed by atoms with van der Waals surface area (Å²) in [6.45, 7) is 2.09. The second-order valence-electron chi connectivity index (χ2n) is 4.69. The van der Waals surface area contributed by atoms with Gasteiger partial charge in [0.05, 0.1) is 14.7 Å². The number of hydrogen-bond donors (Lipinski definition) is 2. The number of benzene rings is 1. The monoisotopic (exact) mass is 375 g/mol. The Morgan fingerprint density at radius 1 is 1.36 bits per heavy atom. The zero-order valence-electron chi connectivity index (χ0n) is 11.9. The molecule has 1 aromatic carbocycles. The number of anilines is 1. The van der Waals surface area contributed by atoms with Crippen LogP contribution in [0.4, 0.5) is 5.13 Å². The van der Waals surface area contributed by atoms with Gasteiger partial charge in [-0.15, -0.1) is 0 Å². The minimum absolute atomic E-state index is 0.0897. The lowest BCUT2D eigenvalue weighted by Gasteiger charge is -2.06. The first kappa shape index (κ1) is 17.4. The summed E-state index contributed by atoms with van der Waals surface area (Å²) >= 11 is 18.6. The molecule has 0 bridgehead atoms. The predicted molar refractivity (Wildman–Crippen MR) is 98.1 cm³/mol. The van der Waals surface area contributed by atoms with E-state index in [0.717, 1.165) is 24.0 Å². The van der Waals surface area contributed by atoms with E-state index in [1.54, 1.807) is 6.07 Å². The molecule has 1 aromatic heterocycles. The molecule has 4 nitrogen and oxygen atoms in total. The van der Waals surface area contributed by atoms with Crippen LogP contribution in [-0.2, 0) is 4.79 Å². The number of hydrogen-bond acceptors (Lipinski definition) is 4.